The molecule has 1 aromatic rings. The maximum Gasteiger partial charge on any atom is 0.130 e. The number of hydrogen-bond acceptors (Lipinski definition) is 5. The molecule has 0 aliphatic carbocycles. The monoisotopic (exact) mass is 299 g/mol. The summed E-state index contributed by atoms with van der Waals surface area (Å²) in [6.07, 6.45) is 0. The molecule has 0 aliphatic rings. The molecule has 122 valence electrons. The molecule has 1 rings (SSSR count). The lowest BCUT2D eigenvalue weighted by atomic mass is 10.1. The number of furan rings is 1. The van der Waals surface area contributed by atoms with Crippen LogP contribution >= 0.6 is 0 Å². The molecule has 1 heterocycles. The van der Waals surface area contributed by atoms with E-state index in [0.717, 1.165) is 23.6 Å². The van der Waals surface area contributed by atoms with E-state index < -0.39 is 0 Å². The van der Waals surface area contributed by atoms with Crippen LogP contribution in [0.5, 0.6) is 0 Å². The molecule has 0 saturated heterocycles. The van der Waals surface area contributed by atoms with Crippen molar-refractivity contribution in [3.05, 3.63) is 23.2 Å². The summed E-state index contributed by atoms with van der Waals surface area (Å²) in [6, 6.07) is 2.03. The maximum absolute atomic E-state index is 5.81. The van der Waals surface area contributed by atoms with Gasteiger partial charge in [0, 0.05) is 12.6 Å². The van der Waals surface area contributed by atoms with Crippen LogP contribution in [0.15, 0.2) is 10.5 Å². The van der Waals surface area contributed by atoms with Crippen LogP contribution in [0.25, 0.3) is 0 Å². The van der Waals surface area contributed by atoms with E-state index in [1.807, 2.05) is 6.07 Å². The van der Waals surface area contributed by atoms with Crippen molar-refractivity contribution in [2.45, 2.75) is 46.4 Å². The molecule has 0 saturated carbocycles. The zero-order valence-electron chi connectivity index (χ0n) is 14.0. The Kier molecular flexibility index (Phi) is 7.96. The van der Waals surface area contributed by atoms with Gasteiger partial charge < -0.3 is 23.9 Å². The van der Waals surface area contributed by atoms with Crippen LogP contribution in [-0.2, 0) is 27.4 Å². The lowest BCUT2D eigenvalue weighted by Gasteiger charge is -2.19. The second kappa shape index (κ2) is 9.20. The summed E-state index contributed by atoms with van der Waals surface area (Å²) in [4.78, 5) is 0. The zero-order chi connectivity index (χ0) is 15.7. The number of rotatable bonds is 10. The van der Waals surface area contributed by atoms with Crippen molar-refractivity contribution in [2.24, 2.45) is 0 Å². The fraction of sp³-hybridized carbons (Fsp3) is 0.750. The van der Waals surface area contributed by atoms with Crippen LogP contribution in [0.3, 0.4) is 0 Å². The molecule has 0 radical (unpaired) electrons. The summed E-state index contributed by atoms with van der Waals surface area (Å²) >= 11 is 0. The van der Waals surface area contributed by atoms with Crippen LogP contribution in [-0.4, -0.2) is 39.1 Å². The minimum atomic E-state index is 0.0788. The molecule has 0 aliphatic heterocycles. The van der Waals surface area contributed by atoms with Crippen molar-refractivity contribution in [3.8, 4) is 0 Å². The van der Waals surface area contributed by atoms with Crippen molar-refractivity contribution in [3.63, 3.8) is 0 Å². The van der Waals surface area contributed by atoms with E-state index >= 15 is 0 Å². The van der Waals surface area contributed by atoms with Gasteiger partial charge in [0.2, 0.25) is 0 Å². The molecule has 0 unspecified atom stereocenters. The Morgan fingerprint density at radius 3 is 2.43 bits per heavy atom. The van der Waals surface area contributed by atoms with Gasteiger partial charge in [-0.25, -0.2) is 0 Å². The molecular weight excluding hydrogens is 270 g/mol. The fourth-order valence-corrected chi connectivity index (χ4v) is 1.72. The molecule has 5 heteroatoms. The second-order valence-corrected chi connectivity index (χ2v) is 6.08. The fourth-order valence-electron chi connectivity index (χ4n) is 1.72. The molecule has 0 atom stereocenters. The molecule has 0 fully saturated rings. The van der Waals surface area contributed by atoms with Gasteiger partial charge in [-0.3, -0.25) is 0 Å². The molecular formula is C16H29NO4. The molecule has 5 nitrogen and oxygen atoms in total. The predicted octanol–water partition coefficient (Wildman–Crippen LogP) is 2.66. The van der Waals surface area contributed by atoms with Crippen LogP contribution in [0.2, 0.25) is 0 Å². The minimum Gasteiger partial charge on any atom is -0.462 e. The van der Waals surface area contributed by atoms with Gasteiger partial charge in [-0.05, 0) is 39.3 Å². The van der Waals surface area contributed by atoms with E-state index in [-0.39, 0.29) is 5.54 Å². The second-order valence-electron chi connectivity index (χ2n) is 6.08. The predicted molar refractivity (Wildman–Crippen MR) is 82.4 cm³/mol. The summed E-state index contributed by atoms with van der Waals surface area (Å²) in [5.74, 6) is 1.83. The highest BCUT2D eigenvalue weighted by Crippen LogP contribution is 2.16. The van der Waals surface area contributed by atoms with E-state index in [0.29, 0.717) is 33.0 Å². The van der Waals surface area contributed by atoms with E-state index in [9.17, 15) is 0 Å². The summed E-state index contributed by atoms with van der Waals surface area (Å²) in [5, 5.41) is 3.42. The van der Waals surface area contributed by atoms with Crippen LogP contribution in [0.4, 0.5) is 0 Å². The highest BCUT2D eigenvalue weighted by Gasteiger charge is 2.12. The van der Waals surface area contributed by atoms with E-state index in [2.05, 4.69) is 33.0 Å². The molecule has 0 amide bonds. The minimum absolute atomic E-state index is 0.0788. The van der Waals surface area contributed by atoms with Gasteiger partial charge in [0.15, 0.2) is 0 Å². The van der Waals surface area contributed by atoms with E-state index in [1.54, 1.807) is 7.11 Å². The Balaban J connectivity index is 2.24. The van der Waals surface area contributed by atoms with Gasteiger partial charge in [0.1, 0.15) is 18.1 Å². The molecule has 1 aromatic heterocycles. The van der Waals surface area contributed by atoms with Crippen molar-refractivity contribution in [1.29, 1.82) is 0 Å². The van der Waals surface area contributed by atoms with Gasteiger partial charge in [-0.1, -0.05) is 0 Å². The lowest BCUT2D eigenvalue weighted by molar-refractivity contribution is 0.0159. The van der Waals surface area contributed by atoms with Crippen molar-refractivity contribution >= 4 is 0 Å². The normalized spacial score (nSPS) is 12.0. The number of hydrogen-bond donors (Lipinski definition) is 1. The Hall–Kier alpha value is -0.880. The number of ether oxygens (including phenoxy) is 3. The van der Waals surface area contributed by atoms with Crippen molar-refractivity contribution in [1.82, 2.24) is 5.32 Å². The van der Waals surface area contributed by atoms with E-state index in [1.165, 1.54) is 0 Å². The van der Waals surface area contributed by atoms with Crippen LogP contribution in [0.1, 0.15) is 37.9 Å². The first kappa shape index (κ1) is 18.2. The number of methoxy groups -OCH3 is 1. The van der Waals surface area contributed by atoms with Gasteiger partial charge >= 0.3 is 0 Å². The van der Waals surface area contributed by atoms with Gasteiger partial charge in [0.05, 0.1) is 33.0 Å². The van der Waals surface area contributed by atoms with Crippen molar-refractivity contribution < 1.29 is 18.6 Å². The number of nitrogens with one attached hydrogen (secondary N) is 1. The zero-order valence-corrected chi connectivity index (χ0v) is 14.0. The SMILES string of the molecule is COCCOCCOCc1cc(C)c(CNC(C)(C)C)o1. The van der Waals surface area contributed by atoms with Crippen LogP contribution in [0, 0.1) is 6.92 Å². The van der Waals surface area contributed by atoms with Crippen LogP contribution < -0.4 is 5.32 Å². The summed E-state index contributed by atoms with van der Waals surface area (Å²) < 4.78 is 21.6. The third-order valence-electron chi connectivity index (χ3n) is 2.90. The maximum atomic E-state index is 5.81. The topological polar surface area (TPSA) is 52.9 Å². The average Bonchev–Trinajstić information content (AvgIpc) is 2.75. The molecule has 1 N–H and O–H groups in total. The average molecular weight is 299 g/mol. The quantitative estimate of drug-likeness (QED) is 0.673. The largest absolute Gasteiger partial charge is 0.462 e. The highest BCUT2D eigenvalue weighted by atomic mass is 16.5. The molecule has 21 heavy (non-hydrogen) atoms. The number of aryl methyl sites for hydroxylation is 1. The van der Waals surface area contributed by atoms with Gasteiger partial charge in [-0.15, -0.1) is 0 Å². The first-order valence-corrected chi connectivity index (χ1v) is 7.40. The smallest absolute Gasteiger partial charge is 0.130 e. The third kappa shape index (κ3) is 8.21. The first-order valence-electron chi connectivity index (χ1n) is 7.40. The Morgan fingerprint density at radius 2 is 1.76 bits per heavy atom. The molecule has 0 aromatic carbocycles. The Morgan fingerprint density at radius 1 is 1.10 bits per heavy atom. The van der Waals surface area contributed by atoms with Crippen molar-refractivity contribution in [2.75, 3.05) is 33.5 Å². The Labute approximate surface area is 127 Å². The lowest BCUT2D eigenvalue weighted by Crippen LogP contribution is -2.35. The summed E-state index contributed by atoms with van der Waals surface area (Å²) in [6.45, 7) is 12.0. The Bertz CT molecular complexity index is 395. The van der Waals surface area contributed by atoms with Gasteiger partial charge in [-0.2, -0.15) is 0 Å². The molecule has 0 spiro atoms. The standard InChI is InChI=1S/C16H29NO4/c1-13-10-14(12-20-9-8-19-7-6-18-5)21-15(13)11-17-16(2,3)4/h10,17H,6-9,11-12H2,1-5H3. The van der Waals surface area contributed by atoms with E-state index in [4.69, 9.17) is 18.6 Å². The molecule has 0 bridgehead atoms. The van der Waals surface area contributed by atoms with Gasteiger partial charge in [0.25, 0.3) is 0 Å². The highest BCUT2D eigenvalue weighted by molar-refractivity contribution is 5.19. The summed E-state index contributed by atoms with van der Waals surface area (Å²) in [7, 11) is 1.66. The first-order chi connectivity index (χ1) is 9.92. The third-order valence-corrected chi connectivity index (χ3v) is 2.90. The summed E-state index contributed by atoms with van der Waals surface area (Å²) in [5.41, 5.74) is 1.23.